The summed E-state index contributed by atoms with van der Waals surface area (Å²) in [6, 6.07) is 3.63. The number of nitrogen functional groups attached to an aromatic ring is 1. The van der Waals surface area contributed by atoms with Crippen LogP contribution in [0.1, 0.15) is 29.6 Å². The summed E-state index contributed by atoms with van der Waals surface area (Å²) >= 11 is 0. The molecular formula is C14H15FN2O3. The normalized spacial score (nSPS) is 27.9. The molecule has 1 aromatic rings. The number of rotatable bonds is 2. The molecule has 3 rings (SSSR count). The van der Waals surface area contributed by atoms with Crippen LogP contribution < -0.4 is 5.73 Å². The largest absolute Gasteiger partial charge is 0.481 e. The smallest absolute Gasteiger partial charge is 0.308 e. The summed E-state index contributed by atoms with van der Waals surface area (Å²) in [5.41, 5.74) is 5.61. The number of halogens is 1. The molecule has 106 valence electrons. The van der Waals surface area contributed by atoms with Crippen molar-refractivity contribution in [3.63, 3.8) is 0 Å². The summed E-state index contributed by atoms with van der Waals surface area (Å²) in [5.74, 6) is -2.30. The van der Waals surface area contributed by atoms with Crippen LogP contribution in [0.5, 0.6) is 0 Å². The van der Waals surface area contributed by atoms with E-state index in [1.807, 2.05) is 0 Å². The third-order valence-corrected chi connectivity index (χ3v) is 4.34. The Hall–Kier alpha value is -2.11. The van der Waals surface area contributed by atoms with Gasteiger partial charge >= 0.3 is 5.97 Å². The van der Waals surface area contributed by atoms with Crippen LogP contribution in [0.15, 0.2) is 18.2 Å². The van der Waals surface area contributed by atoms with Crippen LogP contribution in [-0.4, -0.2) is 34.0 Å². The number of carbonyl (C=O) groups excluding carboxylic acids is 1. The molecule has 2 saturated heterocycles. The van der Waals surface area contributed by atoms with Crippen molar-refractivity contribution in [3.8, 4) is 0 Å². The standard InChI is InChI=1S/C14H15FN2O3/c15-10-5-7(1-3-11(10)16)13(18)17-8-2-4-12(17)9(6-8)14(19)20/h1,3,5,8-9,12H,2,4,6,16H2,(H,19,20). The second-order valence-electron chi connectivity index (χ2n) is 5.43. The molecule has 2 bridgehead atoms. The van der Waals surface area contributed by atoms with Gasteiger partial charge in [-0.25, -0.2) is 4.39 Å². The van der Waals surface area contributed by atoms with Crippen molar-refractivity contribution in [2.75, 3.05) is 5.73 Å². The van der Waals surface area contributed by atoms with Crippen molar-refractivity contribution in [3.05, 3.63) is 29.6 Å². The number of nitrogens with zero attached hydrogens (tertiary/aromatic N) is 1. The SMILES string of the molecule is Nc1ccc(C(=O)N2C3CCC2C(C(=O)O)C3)cc1F. The topological polar surface area (TPSA) is 83.6 Å². The predicted molar refractivity (Wildman–Crippen MR) is 69.5 cm³/mol. The first-order valence-electron chi connectivity index (χ1n) is 6.59. The number of aliphatic carboxylic acids is 1. The molecule has 2 fully saturated rings. The predicted octanol–water partition coefficient (Wildman–Crippen LogP) is 1.49. The van der Waals surface area contributed by atoms with E-state index in [1.165, 1.54) is 12.1 Å². The molecule has 6 heteroatoms. The lowest BCUT2D eigenvalue weighted by Crippen LogP contribution is -2.37. The molecule has 3 N–H and O–H groups in total. The van der Waals surface area contributed by atoms with Crippen LogP contribution in [0.4, 0.5) is 10.1 Å². The number of carboxylic acids is 1. The molecule has 5 nitrogen and oxygen atoms in total. The number of carboxylic acid groups (broad SMARTS) is 1. The quantitative estimate of drug-likeness (QED) is 0.803. The minimum Gasteiger partial charge on any atom is -0.481 e. The minimum absolute atomic E-state index is 0.00523. The minimum atomic E-state index is -0.863. The monoisotopic (exact) mass is 278 g/mol. The molecular weight excluding hydrogens is 263 g/mol. The first-order valence-corrected chi connectivity index (χ1v) is 6.59. The summed E-state index contributed by atoms with van der Waals surface area (Å²) < 4.78 is 13.5. The lowest BCUT2D eigenvalue weighted by molar-refractivity contribution is -0.142. The van der Waals surface area contributed by atoms with Crippen molar-refractivity contribution in [1.29, 1.82) is 0 Å². The van der Waals surface area contributed by atoms with E-state index in [-0.39, 0.29) is 29.2 Å². The van der Waals surface area contributed by atoms with Gasteiger partial charge in [0.25, 0.3) is 5.91 Å². The van der Waals surface area contributed by atoms with E-state index in [2.05, 4.69) is 0 Å². The third kappa shape index (κ3) is 1.83. The Morgan fingerprint density at radius 1 is 1.35 bits per heavy atom. The molecule has 20 heavy (non-hydrogen) atoms. The fourth-order valence-corrected chi connectivity index (χ4v) is 3.38. The Balaban J connectivity index is 1.88. The van der Waals surface area contributed by atoms with Crippen molar-refractivity contribution in [2.24, 2.45) is 5.92 Å². The number of carbonyl (C=O) groups is 2. The first kappa shape index (κ1) is 12.9. The lowest BCUT2D eigenvalue weighted by Gasteiger charge is -2.23. The molecule has 3 unspecified atom stereocenters. The number of anilines is 1. The zero-order valence-electron chi connectivity index (χ0n) is 10.8. The van der Waals surface area contributed by atoms with Gasteiger partial charge in [-0.3, -0.25) is 9.59 Å². The number of hydrogen-bond acceptors (Lipinski definition) is 3. The van der Waals surface area contributed by atoms with Gasteiger partial charge in [-0.15, -0.1) is 0 Å². The zero-order valence-corrected chi connectivity index (χ0v) is 10.8. The number of benzene rings is 1. The molecule has 1 amide bonds. The Morgan fingerprint density at radius 2 is 2.10 bits per heavy atom. The number of hydrogen-bond donors (Lipinski definition) is 2. The molecule has 3 atom stereocenters. The fraction of sp³-hybridized carbons (Fsp3) is 0.429. The number of nitrogens with two attached hydrogens (primary N) is 1. The highest BCUT2D eigenvalue weighted by Crippen LogP contribution is 2.42. The lowest BCUT2D eigenvalue weighted by atomic mass is 9.89. The molecule has 0 radical (unpaired) electrons. The Labute approximate surface area is 115 Å². The van der Waals surface area contributed by atoms with Crippen LogP contribution in [0.25, 0.3) is 0 Å². The first-order chi connectivity index (χ1) is 9.49. The molecule has 1 aromatic carbocycles. The van der Waals surface area contributed by atoms with Gasteiger partial charge < -0.3 is 15.7 Å². The van der Waals surface area contributed by atoms with Crippen molar-refractivity contribution in [2.45, 2.75) is 31.3 Å². The summed E-state index contributed by atoms with van der Waals surface area (Å²) in [6.07, 6.45) is 2.01. The summed E-state index contributed by atoms with van der Waals surface area (Å²) in [7, 11) is 0. The Bertz CT molecular complexity index is 590. The van der Waals surface area contributed by atoms with E-state index in [0.29, 0.717) is 12.8 Å². The van der Waals surface area contributed by atoms with E-state index in [4.69, 9.17) is 5.73 Å². The number of fused-ring (bicyclic) bond motifs is 2. The molecule has 0 saturated carbocycles. The van der Waals surface area contributed by atoms with Crippen LogP contribution in [0.2, 0.25) is 0 Å². The van der Waals surface area contributed by atoms with Crippen molar-refractivity contribution >= 4 is 17.6 Å². The highest BCUT2D eigenvalue weighted by Gasteiger charge is 2.51. The van der Waals surface area contributed by atoms with E-state index in [0.717, 1.165) is 12.5 Å². The van der Waals surface area contributed by atoms with Gasteiger partial charge in [0.05, 0.1) is 11.6 Å². The molecule has 0 spiro atoms. The van der Waals surface area contributed by atoms with Gasteiger partial charge in [0.15, 0.2) is 0 Å². The highest BCUT2D eigenvalue weighted by atomic mass is 19.1. The molecule has 2 heterocycles. The average Bonchev–Trinajstić information content (AvgIpc) is 2.98. The average molecular weight is 278 g/mol. The summed E-state index contributed by atoms with van der Waals surface area (Å²) in [6.45, 7) is 0. The fourth-order valence-electron chi connectivity index (χ4n) is 3.38. The van der Waals surface area contributed by atoms with Gasteiger partial charge in [0.2, 0.25) is 0 Å². The molecule has 2 aliphatic heterocycles. The van der Waals surface area contributed by atoms with E-state index >= 15 is 0 Å². The second-order valence-corrected chi connectivity index (χ2v) is 5.43. The van der Waals surface area contributed by atoms with Gasteiger partial charge in [-0.05, 0) is 37.5 Å². The maximum absolute atomic E-state index is 13.5. The van der Waals surface area contributed by atoms with Crippen LogP contribution in [-0.2, 0) is 4.79 Å². The molecule has 0 aliphatic carbocycles. The van der Waals surface area contributed by atoms with Crippen LogP contribution >= 0.6 is 0 Å². The van der Waals surface area contributed by atoms with E-state index in [9.17, 15) is 19.1 Å². The maximum Gasteiger partial charge on any atom is 0.308 e. The highest BCUT2D eigenvalue weighted by molar-refractivity contribution is 5.96. The van der Waals surface area contributed by atoms with E-state index < -0.39 is 17.7 Å². The van der Waals surface area contributed by atoms with Crippen molar-refractivity contribution < 1.29 is 19.1 Å². The van der Waals surface area contributed by atoms with E-state index in [1.54, 1.807) is 4.90 Å². The third-order valence-electron chi connectivity index (χ3n) is 4.34. The van der Waals surface area contributed by atoms with Crippen LogP contribution in [0.3, 0.4) is 0 Å². The van der Waals surface area contributed by atoms with Gasteiger partial charge in [-0.2, -0.15) is 0 Å². The molecule has 0 aromatic heterocycles. The maximum atomic E-state index is 13.5. The van der Waals surface area contributed by atoms with Gasteiger partial charge in [0, 0.05) is 17.6 Å². The van der Waals surface area contributed by atoms with Crippen molar-refractivity contribution in [1.82, 2.24) is 4.90 Å². The van der Waals surface area contributed by atoms with Gasteiger partial charge in [0.1, 0.15) is 5.82 Å². The van der Waals surface area contributed by atoms with Gasteiger partial charge in [-0.1, -0.05) is 0 Å². The summed E-state index contributed by atoms with van der Waals surface area (Å²) in [4.78, 5) is 25.3. The molecule has 2 aliphatic rings. The summed E-state index contributed by atoms with van der Waals surface area (Å²) in [5, 5.41) is 9.17. The zero-order chi connectivity index (χ0) is 14.4. The van der Waals surface area contributed by atoms with Crippen LogP contribution in [0, 0.1) is 11.7 Å². The second kappa shape index (κ2) is 4.47. The number of amides is 1. The Kier molecular flexibility index (Phi) is 2.88. The Morgan fingerprint density at radius 3 is 2.70 bits per heavy atom.